The van der Waals surface area contributed by atoms with Gasteiger partial charge in [0.15, 0.2) is 11.5 Å². The summed E-state index contributed by atoms with van der Waals surface area (Å²) >= 11 is 0. The Kier molecular flexibility index (Phi) is 6.43. The lowest BCUT2D eigenvalue weighted by Crippen LogP contribution is -2.52. The molecule has 9 heteroatoms. The van der Waals surface area contributed by atoms with E-state index in [0.29, 0.717) is 56.1 Å². The van der Waals surface area contributed by atoms with E-state index in [-0.39, 0.29) is 17.2 Å². The highest BCUT2D eigenvalue weighted by atomic mass is 16.5. The molecule has 5 heterocycles. The smallest absolute Gasteiger partial charge is 0.253 e. The second-order valence-electron chi connectivity index (χ2n) is 9.75. The zero-order chi connectivity index (χ0) is 23.5. The molecular weight excluding hydrogens is 434 g/mol. The van der Waals surface area contributed by atoms with Crippen molar-refractivity contribution in [1.29, 1.82) is 0 Å². The van der Waals surface area contributed by atoms with E-state index >= 15 is 0 Å². The fourth-order valence-corrected chi connectivity index (χ4v) is 5.48. The molecule has 7 bridgehead atoms. The van der Waals surface area contributed by atoms with E-state index in [1.807, 2.05) is 22.1 Å². The second-order valence-corrected chi connectivity index (χ2v) is 9.75. The largest absolute Gasteiger partial charge is 0.493 e. The minimum Gasteiger partial charge on any atom is -0.493 e. The molecule has 0 unspecified atom stereocenters. The van der Waals surface area contributed by atoms with Gasteiger partial charge in [-0.1, -0.05) is 5.21 Å². The van der Waals surface area contributed by atoms with Crippen molar-refractivity contribution in [3.05, 3.63) is 35.7 Å². The van der Waals surface area contributed by atoms with Gasteiger partial charge in [0.25, 0.3) is 5.91 Å². The van der Waals surface area contributed by atoms with Crippen molar-refractivity contribution in [2.75, 3.05) is 39.9 Å². The summed E-state index contributed by atoms with van der Waals surface area (Å²) in [5.41, 5.74) is 1.57. The average Bonchev–Trinajstić information content (AvgIpc) is 3.32. The van der Waals surface area contributed by atoms with Crippen LogP contribution in [-0.4, -0.2) is 76.5 Å². The summed E-state index contributed by atoms with van der Waals surface area (Å²) in [6, 6.07) is 5.40. The van der Waals surface area contributed by atoms with Crippen molar-refractivity contribution >= 4 is 11.8 Å². The molecule has 4 aliphatic rings. The predicted molar refractivity (Wildman–Crippen MR) is 125 cm³/mol. The fraction of sp³-hybridized carbons (Fsp3) is 0.600. The molecule has 9 nitrogen and oxygen atoms in total. The van der Waals surface area contributed by atoms with Gasteiger partial charge in [-0.05, 0) is 49.3 Å². The summed E-state index contributed by atoms with van der Waals surface area (Å²) in [4.78, 5) is 30.2. The Hall–Kier alpha value is -3.10. The zero-order valence-corrected chi connectivity index (χ0v) is 19.9. The summed E-state index contributed by atoms with van der Waals surface area (Å²) in [6.45, 7) is 4.16. The summed E-state index contributed by atoms with van der Waals surface area (Å²) in [7, 11) is 1.60. The van der Waals surface area contributed by atoms with Gasteiger partial charge < -0.3 is 19.3 Å². The van der Waals surface area contributed by atoms with E-state index in [0.717, 1.165) is 50.9 Å². The number of methoxy groups -OCH3 is 1. The molecule has 2 fully saturated rings. The summed E-state index contributed by atoms with van der Waals surface area (Å²) in [6.07, 6.45) is 7.70. The van der Waals surface area contributed by atoms with E-state index in [4.69, 9.17) is 9.47 Å². The van der Waals surface area contributed by atoms with Crippen LogP contribution < -0.4 is 9.47 Å². The van der Waals surface area contributed by atoms with Crippen molar-refractivity contribution in [2.45, 2.75) is 51.5 Å². The van der Waals surface area contributed by atoms with E-state index in [1.165, 1.54) is 0 Å². The molecule has 4 aliphatic heterocycles. The van der Waals surface area contributed by atoms with Crippen molar-refractivity contribution in [3.8, 4) is 11.5 Å². The number of nitrogens with zero attached hydrogens (tertiary/aromatic N) is 5. The number of aromatic nitrogens is 3. The Labute approximate surface area is 200 Å². The normalized spacial score (nSPS) is 21.2. The monoisotopic (exact) mass is 467 g/mol. The lowest BCUT2D eigenvalue weighted by Gasteiger charge is -2.47. The van der Waals surface area contributed by atoms with Crippen LogP contribution in [0.5, 0.6) is 11.5 Å². The summed E-state index contributed by atoms with van der Waals surface area (Å²) in [5.74, 6) is 1.42. The van der Waals surface area contributed by atoms with Crippen LogP contribution in [0.4, 0.5) is 0 Å². The van der Waals surface area contributed by atoms with Gasteiger partial charge >= 0.3 is 0 Å². The van der Waals surface area contributed by atoms with Crippen LogP contribution in [-0.2, 0) is 17.8 Å². The predicted octanol–water partition coefficient (Wildman–Crippen LogP) is 2.55. The molecule has 1 spiro atoms. The van der Waals surface area contributed by atoms with Gasteiger partial charge in [0.1, 0.15) is 0 Å². The molecule has 34 heavy (non-hydrogen) atoms. The van der Waals surface area contributed by atoms with Gasteiger partial charge in [-0.2, -0.15) is 0 Å². The molecule has 1 aromatic carbocycles. The molecular formula is C25H33N5O4. The van der Waals surface area contributed by atoms with Crippen LogP contribution in [0.25, 0.3) is 0 Å². The van der Waals surface area contributed by atoms with E-state index in [9.17, 15) is 9.59 Å². The van der Waals surface area contributed by atoms with Gasteiger partial charge in [0, 0.05) is 63.7 Å². The van der Waals surface area contributed by atoms with Crippen LogP contribution >= 0.6 is 0 Å². The van der Waals surface area contributed by atoms with Gasteiger partial charge in [-0.25, -0.2) is 0 Å². The number of hydrogen-bond acceptors (Lipinski definition) is 6. The Bertz CT molecular complexity index is 1040. The quantitative estimate of drug-likeness (QED) is 0.640. The minimum absolute atomic E-state index is 0.0237. The van der Waals surface area contributed by atoms with Crippen LogP contribution in [0, 0.1) is 5.41 Å². The highest BCUT2D eigenvalue weighted by Crippen LogP contribution is 2.40. The number of rotatable bonds is 1. The summed E-state index contributed by atoms with van der Waals surface area (Å²) in [5, 5.41) is 8.44. The van der Waals surface area contributed by atoms with E-state index < -0.39 is 0 Å². The van der Waals surface area contributed by atoms with Gasteiger partial charge in [0.2, 0.25) is 5.91 Å². The molecule has 0 radical (unpaired) electrons. The molecule has 0 aliphatic carbocycles. The van der Waals surface area contributed by atoms with Crippen molar-refractivity contribution in [2.24, 2.45) is 5.41 Å². The first-order valence-corrected chi connectivity index (χ1v) is 12.3. The standard InChI is InChI=1S/C25H33N5O4/c1-33-21-6-4-19-16-22(21)34-15-3-12-30-17-20(26-27-30)5-7-23(31)29-11-2-8-25(18-29)9-13-28(14-10-25)24(19)32/h4,6,16-17H,2-3,5,7-15,18H2,1H3. The number of aryl methyl sites for hydroxylation is 2. The van der Waals surface area contributed by atoms with Crippen LogP contribution in [0.2, 0.25) is 0 Å². The minimum atomic E-state index is 0.0237. The highest BCUT2D eigenvalue weighted by Gasteiger charge is 2.40. The third-order valence-electron chi connectivity index (χ3n) is 7.51. The topological polar surface area (TPSA) is 89.8 Å². The first-order chi connectivity index (χ1) is 16.5. The van der Waals surface area contributed by atoms with Crippen molar-refractivity contribution < 1.29 is 19.1 Å². The van der Waals surface area contributed by atoms with E-state index in [1.54, 1.807) is 23.9 Å². The molecule has 0 saturated carbocycles. The van der Waals surface area contributed by atoms with Crippen molar-refractivity contribution in [3.63, 3.8) is 0 Å². The maximum absolute atomic E-state index is 13.3. The first-order valence-electron chi connectivity index (χ1n) is 12.3. The van der Waals surface area contributed by atoms with Crippen LogP contribution in [0.1, 0.15) is 54.6 Å². The second kappa shape index (κ2) is 9.64. The fourth-order valence-electron chi connectivity index (χ4n) is 5.48. The maximum atomic E-state index is 13.3. The molecule has 1 aromatic heterocycles. The number of piperidine rings is 2. The number of carbonyl (C=O) groups excluding carboxylic acids is 2. The van der Waals surface area contributed by atoms with Crippen LogP contribution in [0.15, 0.2) is 24.4 Å². The number of fused-ring (bicyclic) bond motifs is 7. The summed E-state index contributed by atoms with van der Waals surface area (Å²) < 4.78 is 13.2. The number of ether oxygens (including phenoxy) is 2. The molecule has 0 N–H and O–H groups in total. The molecule has 2 saturated heterocycles. The number of carbonyl (C=O) groups is 2. The maximum Gasteiger partial charge on any atom is 0.253 e. The van der Waals surface area contributed by atoms with Gasteiger partial charge in [-0.15, -0.1) is 5.10 Å². The lowest BCUT2D eigenvalue weighted by atomic mass is 9.72. The van der Waals surface area contributed by atoms with Crippen LogP contribution in [0.3, 0.4) is 0 Å². The molecule has 2 aromatic rings. The lowest BCUT2D eigenvalue weighted by molar-refractivity contribution is -0.135. The third kappa shape index (κ3) is 4.74. The van der Waals surface area contributed by atoms with Crippen molar-refractivity contribution in [1.82, 2.24) is 24.8 Å². The zero-order valence-electron chi connectivity index (χ0n) is 19.9. The SMILES string of the molecule is COc1ccc2cc1OCCCn1cc(nn1)CCC(=O)N1CCCC3(CCN(CC3)C2=O)C1. The molecule has 2 amide bonds. The van der Waals surface area contributed by atoms with Gasteiger partial charge in [-0.3, -0.25) is 14.3 Å². The van der Waals surface area contributed by atoms with Gasteiger partial charge in [0.05, 0.1) is 19.4 Å². The number of amides is 2. The Morgan fingerprint density at radius 1 is 1.00 bits per heavy atom. The Morgan fingerprint density at radius 2 is 1.85 bits per heavy atom. The highest BCUT2D eigenvalue weighted by molar-refractivity contribution is 5.95. The number of benzene rings is 1. The first kappa shape index (κ1) is 22.7. The number of hydrogen-bond donors (Lipinski definition) is 0. The average molecular weight is 468 g/mol. The van der Waals surface area contributed by atoms with E-state index in [2.05, 4.69) is 10.3 Å². The Morgan fingerprint density at radius 3 is 2.68 bits per heavy atom. The third-order valence-corrected chi connectivity index (χ3v) is 7.51. The molecule has 0 atom stereocenters. The molecule has 6 rings (SSSR count). The Balaban J connectivity index is 1.38. The molecule has 182 valence electrons.